The Morgan fingerprint density at radius 2 is 2.00 bits per heavy atom. The summed E-state index contributed by atoms with van der Waals surface area (Å²) in [6.45, 7) is 6.36. The number of benzene rings is 1. The van der Waals surface area contributed by atoms with Gasteiger partial charge in [0.05, 0.1) is 9.15 Å². The van der Waals surface area contributed by atoms with E-state index < -0.39 is 5.41 Å². The van der Waals surface area contributed by atoms with Crippen LogP contribution in [0.1, 0.15) is 32.3 Å². The first-order valence-corrected chi connectivity index (χ1v) is 10.7. The molecule has 1 amide bonds. The van der Waals surface area contributed by atoms with Crippen molar-refractivity contribution in [3.05, 3.63) is 28.8 Å². The van der Waals surface area contributed by atoms with E-state index in [1.807, 2.05) is 25.1 Å². The van der Waals surface area contributed by atoms with Crippen molar-refractivity contribution in [1.29, 1.82) is 0 Å². The Bertz CT molecular complexity index is 678. The van der Waals surface area contributed by atoms with E-state index in [0.717, 1.165) is 24.1 Å². The Kier molecular flexibility index (Phi) is 4.53. The van der Waals surface area contributed by atoms with Gasteiger partial charge in [0.1, 0.15) is 0 Å². The lowest BCUT2D eigenvalue weighted by Gasteiger charge is -2.66. The summed E-state index contributed by atoms with van der Waals surface area (Å²) < 4.78 is 0.180. The molecule has 3 aliphatic carbocycles. The number of hydrogen-bond donors (Lipinski definition) is 1. The van der Waals surface area contributed by atoms with Gasteiger partial charge in [0, 0.05) is 21.0 Å². The second-order valence-electron chi connectivity index (χ2n) is 7.22. The van der Waals surface area contributed by atoms with E-state index in [-0.39, 0.29) is 25.3 Å². The van der Waals surface area contributed by atoms with Crippen LogP contribution in [0.25, 0.3) is 0 Å². The molecule has 0 spiro atoms. The minimum absolute atomic E-state index is 0.0370. The monoisotopic (exact) mass is 525 g/mol. The molecule has 6 heteroatoms. The summed E-state index contributed by atoms with van der Waals surface area (Å²) in [7, 11) is 0. The van der Waals surface area contributed by atoms with Gasteiger partial charge in [-0.15, -0.1) is 0 Å². The maximum absolute atomic E-state index is 13.1. The fourth-order valence-electron chi connectivity index (χ4n) is 4.61. The second kappa shape index (κ2) is 5.72. The first kappa shape index (κ1) is 18.2. The van der Waals surface area contributed by atoms with E-state index in [9.17, 15) is 4.79 Å². The molecule has 0 aliphatic heterocycles. The van der Waals surface area contributed by atoms with Crippen LogP contribution in [0.15, 0.2) is 18.2 Å². The zero-order chi connectivity index (χ0) is 17.2. The summed E-state index contributed by atoms with van der Waals surface area (Å²) >= 11 is 17.4. The van der Waals surface area contributed by atoms with Crippen molar-refractivity contribution in [2.75, 3.05) is 5.32 Å². The van der Waals surface area contributed by atoms with Gasteiger partial charge < -0.3 is 5.32 Å². The summed E-state index contributed by atoms with van der Waals surface area (Å²) in [5.74, 6) is 0.0815. The molecular formula is C17H19Br3ClNO. The summed E-state index contributed by atoms with van der Waals surface area (Å²) in [6, 6.07) is 5.66. The van der Waals surface area contributed by atoms with E-state index in [1.165, 1.54) is 0 Å². The van der Waals surface area contributed by atoms with Crippen LogP contribution in [-0.4, -0.2) is 14.5 Å². The van der Waals surface area contributed by atoms with Crippen LogP contribution in [-0.2, 0) is 4.79 Å². The highest BCUT2D eigenvalue weighted by atomic mass is 79.9. The van der Waals surface area contributed by atoms with Gasteiger partial charge in [-0.1, -0.05) is 79.3 Å². The number of rotatable bonds is 3. The number of carbonyl (C=O) groups is 1. The van der Waals surface area contributed by atoms with Gasteiger partial charge in [-0.25, -0.2) is 0 Å². The number of carbonyl (C=O) groups excluding carboxylic acids is 1. The lowest BCUT2D eigenvalue weighted by molar-refractivity contribution is -0.155. The van der Waals surface area contributed by atoms with Crippen LogP contribution in [0.5, 0.6) is 0 Å². The van der Waals surface area contributed by atoms with Crippen LogP contribution in [0.4, 0.5) is 5.69 Å². The number of aryl methyl sites for hydroxylation is 1. The average Bonchev–Trinajstić information content (AvgIpc) is 2.92. The molecule has 3 saturated carbocycles. The topological polar surface area (TPSA) is 29.1 Å². The molecule has 2 nitrogen and oxygen atoms in total. The highest BCUT2D eigenvalue weighted by Gasteiger charge is 2.83. The Balaban J connectivity index is 1.90. The van der Waals surface area contributed by atoms with Crippen molar-refractivity contribution in [3.8, 4) is 0 Å². The highest BCUT2D eigenvalue weighted by molar-refractivity contribution is 9.24. The molecule has 3 atom stereocenters. The van der Waals surface area contributed by atoms with Crippen molar-refractivity contribution in [2.24, 2.45) is 16.2 Å². The Labute approximate surface area is 167 Å². The zero-order valence-corrected chi connectivity index (χ0v) is 18.7. The molecule has 1 N–H and O–H groups in total. The summed E-state index contributed by atoms with van der Waals surface area (Å²) in [5.41, 5.74) is 1.30. The van der Waals surface area contributed by atoms with Gasteiger partial charge in [-0.2, -0.15) is 0 Å². The molecule has 1 aromatic carbocycles. The van der Waals surface area contributed by atoms with Crippen LogP contribution in [0.3, 0.4) is 0 Å². The van der Waals surface area contributed by atoms with Gasteiger partial charge in [-0.05, 0) is 42.9 Å². The van der Waals surface area contributed by atoms with Crippen molar-refractivity contribution in [3.63, 3.8) is 0 Å². The average molecular weight is 529 g/mol. The SMILES string of the molecule is Cc1ccc(NC(=O)C23CCC(C(Br)Br)(C2Br)C3(C)C)cc1Cl. The molecule has 0 radical (unpaired) electrons. The summed E-state index contributed by atoms with van der Waals surface area (Å²) in [6.07, 6.45) is 1.90. The standard InChI is InChI=1S/C17H19Br3ClNO/c1-9-4-5-10(8-11(9)21)22-14(23)17-7-6-16(12(17)18,13(19)20)15(17,2)3/h4-5,8,12-13H,6-7H2,1-3H3,(H,22,23). The van der Waals surface area contributed by atoms with E-state index >= 15 is 0 Å². The maximum Gasteiger partial charge on any atom is 0.232 e. The molecule has 0 saturated heterocycles. The zero-order valence-electron chi connectivity index (χ0n) is 13.2. The summed E-state index contributed by atoms with van der Waals surface area (Å²) in [4.78, 5) is 13.3. The smallest absolute Gasteiger partial charge is 0.232 e. The molecule has 23 heavy (non-hydrogen) atoms. The van der Waals surface area contributed by atoms with Gasteiger partial charge >= 0.3 is 0 Å². The number of fused-ring (bicyclic) bond motifs is 1. The third kappa shape index (κ3) is 2.12. The molecule has 3 unspecified atom stereocenters. The number of anilines is 1. The fourth-order valence-corrected chi connectivity index (χ4v) is 9.71. The first-order valence-electron chi connectivity index (χ1n) is 7.61. The van der Waals surface area contributed by atoms with Crippen molar-refractivity contribution in [1.82, 2.24) is 0 Å². The van der Waals surface area contributed by atoms with Crippen molar-refractivity contribution in [2.45, 2.75) is 42.2 Å². The largest absolute Gasteiger partial charge is 0.326 e. The lowest BCUT2D eigenvalue weighted by Crippen LogP contribution is -2.71. The second-order valence-corrected chi connectivity index (χ2v) is 11.6. The first-order chi connectivity index (χ1) is 10.6. The maximum atomic E-state index is 13.1. The molecule has 2 bridgehead atoms. The number of hydrogen-bond acceptors (Lipinski definition) is 1. The predicted molar refractivity (Wildman–Crippen MR) is 107 cm³/mol. The number of nitrogens with one attached hydrogen (secondary N) is 1. The Morgan fingerprint density at radius 3 is 2.48 bits per heavy atom. The Morgan fingerprint density at radius 1 is 1.35 bits per heavy atom. The van der Waals surface area contributed by atoms with Gasteiger partial charge in [-0.3, -0.25) is 4.79 Å². The van der Waals surface area contributed by atoms with E-state index in [0.29, 0.717) is 5.02 Å². The molecule has 0 aromatic heterocycles. The number of halogens is 4. The quantitative estimate of drug-likeness (QED) is 0.461. The van der Waals surface area contributed by atoms with Crippen LogP contribution in [0, 0.1) is 23.2 Å². The third-order valence-electron chi connectivity index (χ3n) is 6.32. The molecular weight excluding hydrogens is 509 g/mol. The van der Waals surface area contributed by atoms with Gasteiger partial charge in [0.15, 0.2) is 0 Å². The minimum atomic E-state index is -0.399. The van der Waals surface area contributed by atoms with Crippen LogP contribution < -0.4 is 5.32 Å². The molecule has 1 aromatic rings. The number of alkyl halides is 3. The molecule has 4 rings (SSSR count). The van der Waals surface area contributed by atoms with Gasteiger partial charge in [0.2, 0.25) is 5.91 Å². The van der Waals surface area contributed by atoms with Gasteiger partial charge in [0.25, 0.3) is 0 Å². The fraction of sp³-hybridized carbons (Fsp3) is 0.588. The van der Waals surface area contributed by atoms with Crippen molar-refractivity contribution >= 4 is 71.0 Å². The van der Waals surface area contributed by atoms with E-state index in [1.54, 1.807) is 0 Å². The number of amides is 1. The minimum Gasteiger partial charge on any atom is -0.326 e. The highest BCUT2D eigenvalue weighted by Crippen LogP contribution is 2.82. The molecule has 126 valence electrons. The summed E-state index contributed by atoms with van der Waals surface area (Å²) in [5, 5.41) is 3.76. The van der Waals surface area contributed by atoms with E-state index in [4.69, 9.17) is 11.6 Å². The molecule has 3 fully saturated rings. The van der Waals surface area contributed by atoms with Crippen LogP contribution >= 0.6 is 59.4 Å². The predicted octanol–water partition coefficient (Wildman–Crippen LogP) is 6.27. The van der Waals surface area contributed by atoms with E-state index in [2.05, 4.69) is 67.0 Å². The normalized spacial score (nSPS) is 34.3. The molecule has 0 heterocycles. The Hall–Kier alpha value is 0.420. The van der Waals surface area contributed by atoms with Crippen molar-refractivity contribution < 1.29 is 4.79 Å². The van der Waals surface area contributed by atoms with Crippen LogP contribution in [0.2, 0.25) is 5.02 Å². The third-order valence-corrected chi connectivity index (χ3v) is 9.96. The molecule has 3 aliphatic rings. The lowest BCUT2D eigenvalue weighted by atomic mass is 9.43.